The molecule has 1 amide bonds. The van der Waals surface area contributed by atoms with E-state index in [0.717, 1.165) is 11.1 Å². The van der Waals surface area contributed by atoms with Crippen molar-refractivity contribution in [2.75, 3.05) is 25.4 Å². The Hall–Kier alpha value is -2.19. The molecule has 0 aliphatic carbocycles. The first-order chi connectivity index (χ1) is 11.5. The molecule has 128 valence electrons. The van der Waals surface area contributed by atoms with Gasteiger partial charge in [-0.3, -0.25) is 9.89 Å². The Balaban J connectivity index is 1.57. The van der Waals surface area contributed by atoms with E-state index in [0.29, 0.717) is 30.9 Å². The molecule has 7 nitrogen and oxygen atoms in total. The van der Waals surface area contributed by atoms with Crippen molar-refractivity contribution in [1.29, 1.82) is 0 Å². The summed E-state index contributed by atoms with van der Waals surface area (Å²) >= 11 is 0. The lowest BCUT2D eigenvalue weighted by atomic mass is 10.1. The molecule has 2 N–H and O–H groups in total. The molecule has 1 aliphatic heterocycles. The number of hydrogen-bond donors (Lipinski definition) is 2. The number of carbonyl (C=O) groups excluding carboxylic acids is 1. The van der Waals surface area contributed by atoms with Crippen molar-refractivity contribution >= 4 is 15.9 Å². The highest BCUT2D eigenvalue weighted by atomic mass is 32.2. The van der Waals surface area contributed by atoms with Gasteiger partial charge in [-0.1, -0.05) is 29.8 Å². The smallest absolute Gasteiger partial charge is 0.269 e. The lowest BCUT2D eigenvalue weighted by molar-refractivity contribution is 0.0947. The summed E-state index contributed by atoms with van der Waals surface area (Å²) in [6.07, 6.45) is 0.650. The minimum absolute atomic E-state index is 0.196. The highest BCUT2D eigenvalue weighted by molar-refractivity contribution is 7.89. The fourth-order valence-electron chi connectivity index (χ4n) is 2.64. The minimum Gasteiger partial charge on any atom is -0.349 e. The van der Waals surface area contributed by atoms with Crippen molar-refractivity contribution in [1.82, 2.24) is 19.8 Å². The van der Waals surface area contributed by atoms with Crippen molar-refractivity contribution in [2.24, 2.45) is 0 Å². The molecule has 1 saturated heterocycles. The van der Waals surface area contributed by atoms with Crippen LogP contribution in [0.5, 0.6) is 0 Å². The Kier molecular flexibility index (Phi) is 4.68. The molecule has 2 heterocycles. The first-order valence-corrected chi connectivity index (χ1v) is 9.45. The first-order valence-electron chi connectivity index (χ1n) is 7.84. The SMILES string of the molecule is Cc1ccc(-c2cc(C(=O)NCCN3CCCS3(=O)=O)[nH]n2)cc1. The zero-order valence-electron chi connectivity index (χ0n) is 13.4. The fraction of sp³-hybridized carbons (Fsp3) is 0.375. The number of nitrogens with one attached hydrogen (secondary N) is 2. The van der Waals surface area contributed by atoms with Crippen LogP contribution in [0.4, 0.5) is 0 Å². The predicted octanol–water partition coefficient (Wildman–Crippen LogP) is 1.15. The summed E-state index contributed by atoms with van der Waals surface area (Å²) in [5.41, 5.74) is 3.14. The summed E-state index contributed by atoms with van der Waals surface area (Å²) in [6, 6.07) is 9.56. The molecular formula is C16H20N4O3S. The van der Waals surface area contributed by atoms with Gasteiger partial charge in [-0.05, 0) is 19.4 Å². The van der Waals surface area contributed by atoms with Crippen LogP contribution in [0, 0.1) is 6.92 Å². The molecule has 0 spiro atoms. The van der Waals surface area contributed by atoms with Gasteiger partial charge < -0.3 is 5.32 Å². The van der Waals surface area contributed by atoms with Crippen LogP contribution in [0.15, 0.2) is 30.3 Å². The number of aryl methyl sites for hydroxylation is 1. The Labute approximate surface area is 141 Å². The quantitative estimate of drug-likeness (QED) is 0.847. The summed E-state index contributed by atoms with van der Waals surface area (Å²) in [5.74, 6) is -0.0982. The summed E-state index contributed by atoms with van der Waals surface area (Å²) in [4.78, 5) is 12.1. The number of benzene rings is 1. The number of hydrogen-bond acceptors (Lipinski definition) is 4. The Morgan fingerprint density at radius 1 is 1.33 bits per heavy atom. The zero-order chi connectivity index (χ0) is 17.2. The standard InChI is InChI=1S/C16H20N4O3S/c1-12-3-5-13(6-4-12)14-11-15(19-18-14)16(21)17-7-9-20-8-2-10-24(20,22)23/h3-6,11H,2,7-10H2,1H3,(H,17,21)(H,18,19). The van der Waals surface area contributed by atoms with Crippen LogP contribution >= 0.6 is 0 Å². The Morgan fingerprint density at radius 2 is 2.08 bits per heavy atom. The van der Waals surface area contributed by atoms with E-state index < -0.39 is 10.0 Å². The van der Waals surface area contributed by atoms with Crippen molar-refractivity contribution in [3.8, 4) is 11.3 Å². The number of nitrogens with zero attached hydrogens (tertiary/aromatic N) is 2. The molecule has 0 unspecified atom stereocenters. The van der Waals surface area contributed by atoms with Crippen molar-refractivity contribution in [2.45, 2.75) is 13.3 Å². The number of aromatic nitrogens is 2. The van der Waals surface area contributed by atoms with E-state index >= 15 is 0 Å². The third-order valence-electron chi connectivity index (χ3n) is 4.02. The van der Waals surface area contributed by atoms with Crippen LogP contribution in [-0.2, 0) is 10.0 Å². The van der Waals surface area contributed by atoms with Gasteiger partial charge in [0.15, 0.2) is 0 Å². The van der Waals surface area contributed by atoms with Crippen LogP contribution in [0.2, 0.25) is 0 Å². The first kappa shape index (κ1) is 16.7. The van der Waals surface area contributed by atoms with Gasteiger partial charge in [0.1, 0.15) is 5.69 Å². The van der Waals surface area contributed by atoms with Crippen molar-refractivity contribution in [3.05, 3.63) is 41.6 Å². The normalized spacial score (nSPS) is 17.0. The third-order valence-corrected chi connectivity index (χ3v) is 5.98. The number of sulfonamides is 1. The van der Waals surface area contributed by atoms with Gasteiger partial charge in [0, 0.05) is 25.2 Å². The topological polar surface area (TPSA) is 95.2 Å². The number of aromatic amines is 1. The molecule has 0 radical (unpaired) electrons. The van der Waals surface area contributed by atoms with Gasteiger partial charge in [-0.15, -0.1) is 0 Å². The molecule has 0 bridgehead atoms. The molecule has 3 rings (SSSR count). The monoisotopic (exact) mass is 348 g/mol. The fourth-order valence-corrected chi connectivity index (χ4v) is 4.17. The molecule has 0 saturated carbocycles. The molecule has 24 heavy (non-hydrogen) atoms. The van der Waals surface area contributed by atoms with Gasteiger partial charge in [-0.2, -0.15) is 5.10 Å². The third kappa shape index (κ3) is 3.65. The molecule has 8 heteroatoms. The number of amides is 1. The summed E-state index contributed by atoms with van der Waals surface area (Å²) < 4.78 is 24.8. The van der Waals surface area contributed by atoms with Gasteiger partial charge >= 0.3 is 0 Å². The number of H-pyrrole nitrogens is 1. The average molecular weight is 348 g/mol. The van der Waals surface area contributed by atoms with Gasteiger partial charge in [0.25, 0.3) is 5.91 Å². The summed E-state index contributed by atoms with van der Waals surface area (Å²) in [7, 11) is -3.12. The molecule has 1 aromatic carbocycles. The lowest BCUT2D eigenvalue weighted by Gasteiger charge is -2.14. The number of rotatable bonds is 5. The lowest BCUT2D eigenvalue weighted by Crippen LogP contribution is -2.36. The Bertz CT molecular complexity index is 827. The molecular weight excluding hydrogens is 328 g/mol. The van der Waals surface area contributed by atoms with Crippen LogP contribution in [0.1, 0.15) is 22.5 Å². The Morgan fingerprint density at radius 3 is 2.75 bits per heavy atom. The second-order valence-corrected chi connectivity index (χ2v) is 7.95. The zero-order valence-corrected chi connectivity index (χ0v) is 14.3. The summed E-state index contributed by atoms with van der Waals surface area (Å²) in [6.45, 7) is 3.11. The number of carbonyl (C=O) groups is 1. The van der Waals surface area contributed by atoms with E-state index in [2.05, 4.69) is 15.5 Å². The van der Waals surface area contributed by atoms with Crippen LogP contribution in [0.25, 0.3) is 11.3 Å². The second-order valence-electron chi connectivity index (χ2n) is 5.86. The van der Waals surface area contributed by atoms with E-state index in [4.69, 9.17) is 0 Å². The highest BCUT2D eigenvalue weighted by Gasteiger charge is 2.27. The van der Waals surface area contributed by atoms with Gasteiger partial charge in [0.2, 0.25) is 10.0 Å². The highest BCUT2D eigenvalue weighted by Crippen LogP contribution is 2.18. The van der Waals surface area contributed by atoms with Crippen molar-refractivity contribution in [3.63, 3.8) is 0 Å². The van der Waals surface area contributed by atoms with E-state index in [9.17, 15) is 13.2 Å². The van der Waals surface area contributed by atoms with Crippen molar-refractivity contribution < 1.29 is 13.2 Å². The molecule has 0 atom stereocenters. The van der Waals surface area contributed by atoms with E-state index in [1.54, 1.807) is 6.07 Å². The maximum absolute atomic E-state index is 12.1. The average Bonchev–Trinajstić information content (AvgIpc) is 3.15. The maximum atomic E-state index is 12.1. The molecule has 1 fully saturated rings. The van der Waals surface area contributed by atoms with Gasteiger partial charge in [-0.25, -0.2) is 12.7 Å². The minimum atomic E-state index is -3.12. The van der Waals surface area contributed by atoms with Crippen LogP contribution in [0.3, 0.4) is 0 Å². The van der Waals surface area contributed by atoms with E-state index in [-0.39, 0.29) is 18.2 Å². The summed E-state index contributed by atoms with van der Waals surface area (Å²) in [5, 5.41) is 9.59. The molecule has 2 aromatic rings. The largest absolute Gasteiger partial charge is 0.349 e. The van der Waals surface area contributed by atoms with E-state index in [1.807, 2.05) is 31.2 Å². The molecule has 1 aromatic heterocycles. The van der Waals surface area contributed by atoms with Crippen LogP contribution in [-0.4, -0.2) is 54.2 Å². The van der Waals surface area contributed by atoms with E-state index in [1.165, 1.54) is 4.31 Å². The maximum Gasteiger partial charge on any atom is 0.269 e. The van der Waals surface area contributed by atoms with Crippen LogP contribution < -0.4 is 5.32 Å². The molecule has 1 aliphatic rings. The predicted molar refractivity (Wildman–Crippen MR) is 91.1 cm³/mol. The second kappa shape index (κ2) is 6.74. The van der Waals surface area contributed by atoms with Gasteiger partial charge in [0.05, 0.1) is 11.4 Å².